The molecule has 0 bridgehead atoms. The van der Waals surface area contributed by atoms with Gasteiger partial charge < -0.3 is 20.4 Å². The summed E-state index contributed by atoms with van der Waals surface area (Å²) in [4.78, 5) is 0. The van der Waals surface area contributed by atoms with Crippen molar-refractivity contribution < 1.29 is 20.4 Å². The SMILES string of the molecule is CCC(CCO)C(O)(O)CCO. The van der Waals surface area contributed by atoms with Gasteiger partial charge >= 0.3 is 0 Å². The van der Waals surface area contributed by atoms with E-state index in [0.29, 0.717) is 12.8 Å². The first-order valence-corrected chi connectivity index (χ1v) is 4.25. The van der Waals surface area contributed by atoms with Gasteiger partial charge in [-0.3, -0.25) is 0 Å². The van der Waals surface area contributed by atoms with Gasteiger partial charge in [-0.1, -0.05) is 6.92 Å². The van der Waals surface area contributed by atoms with E-state index in [1.165, 1.54) is 0 Å². The van der Waals surface area contributed by atoms with Crippen LogP contribution in [0.1, 0.15) is 26.2 Å². The van der Waals surface area contributed by atoms with Gasteiger partial charge in [0, 0.05) is 25.6 Å². The lowest BCUT2D eigenvalue weighted by molar-refractivity contribution is -0.212. The number of rotatable bonds is 6. The molecule has 0 aliphatic heterocycles. The third kappa shape index (κ3) is 3.49. The third-order valence-electron chi connectivity index (χ3n) is 2.10. The second-order valence-electron chi connectivity index (χ2n) is 2.97. The van der Waals surface area contributed by atoms with Gasteiger partial charge in [0.1, 0.15) is 0 Å². The van der Waals surface area contributed by atoms with Gasteiger partial charge in [0.05, 0.1) is 0 Å². The molecular weight excluding hydrogens is 160 g/mol. The van der Waals surface area contributed by atoms with Crippen molar-refractivity contribution in [3.8, 4) is 0 Å². The maximum Gasteiger partial charge on any atom is 0.167 e. The van der Waals surface area contributed by atoms with Gasteiger partial charge in [0.25, 0.3) is 0 Å². The fraction of sp³-hybridized carbons (Fsp3) is 1.00. The van der Waals surface area contributed by atoms with Crippen molar-refractivity contribution in [2.75, 3.05) is 13.2 Å². The molecule has 4 nitrogen and oxygen atoms in total. The van der Waals surface area contributed by atoms with E-state index in [1.54, 1.807) is 0 Å². The van der Waals surface area contributed by atoms with Crippen LogP contribution in [0.25, 0.3) is 0 Å². The van der Waals surface area contributed by atoms with Crippen LogP contribution in [-0.4, -0.2) is 39.4 Å². The van der Waals surface area contributed by atoms with E-state index in [2.05, 4.69) is 0 Å². The molecule has 4 heteroatoms. The van der Waals surface area contributed by atoms with Crippen LogP contribution in [-0.2, 0) is 0 Å². The number of aliphatic hydroxyl groups is 4. The summed E-state index contributed by atoms with van der Waals surface area (Å²) in [5.41, 5.74) is 0. The molecule has 0 heterocycles. The summed E-state index contributed by atoms with van der Waals surface area (Å²) in [5, 5.41) is 35.9. The molecule has 0 saturated carbocycles. The van der Waals surface area contributed by atoms with Crippen LogP contribution >= 0.6 is 0 Å². The van der Waals surface area contributed by atoms with Crippen molar-refractivity contribution in [3.63, 3.8) is 0 Å². The number of aliphatic hydroxyl groups excluding tert-OH is 2. The Bertz CT molecular complexity index is 114. The molecule has 74 valence electrons. The van der Waals surface area contributed by atoms with E-state index >= 15 is 0 Å². The van der Waals surface area contributed by atoms with E-state index < -0.39 is 5.79 Å². The molecule has 0 rings (SSSR count). The highest BCUT2D eigenvalue weighted by Crippen LogP contribution is 2.24. The molecule has 0 aromatic rings. The minimum absolute atomic E-state index is 0.0627. The van der Waals surface area contributed by atoms with E-state index in [4.69, 9.17) is 10.2 Å². The molecule has 0 radical (unpaired) electrons. The van der Waals surface area contributed by atoms with Crippen molar-refractivity contribution in [1.29, 1.82) is 0 Å². The Morgan fingerprint density at radius 3 is 2.08 bits per heavy atom. The van der Waals surface area contributed by atoms with E-state index in [0.717, 1.165) is 0 Å². The molecule has 12 heavy (non-hydrogen) atoms. The normalized spacial score (nSPS) is 14.8. The maximum atomic E-state index is 9.39. The highest BCUT2D eigenvalue weighted by atomic mass is 16.5. The minimum Gasteiger partial charge on any atom is -0.396 e. The summed E-state index contributed by atoms with van der Waals surface area (Å²) in [6, 6.07) is 0. The first kappa shape index (κ1) is 11.8. The molecule has 1 atom stereocenters. The van der Waals surface area contributed by atoms with E-state index in [9.17, 15) is 10.2 Å². The van der Waals surface area contributed by atoms with Crippen LogP contribution in [0.2, 0.25) is 0 Å². The largest absolute Gasteiger partial charge is 0.396 e. The van der Waals surface area contributed by atoms with Crippen LogP contribution in [0, 0.1) is 5.92 Å². The summed E-state index contributed by atoms with van der Waals surface area (Å²) in [6.45, 7) is 1.50. The lowest BCUT2D eigenvalue weighted by atomic mass is 9.90. The molecule has 0 fully saturated rings. The highest BCUT2D eigenvalue weighted by molar-refractivity contribution is 4.74. The first-order valence-electron chi connectivity index (χ1n) is 4.25. The Balaban J connectivity index is 4.05. The molecule has 0 spiro atoms. The smallest absolute Gasteiger partial charge is 0.167 e. The Morgan fingerprint density at radius 1 is 1.17 bits per heavy atom. The van der Waals surface area contributed by atoms with Crippen LogP contribution in [0.15, 0.2) is 0 Å². The standard InChI is InChI=1S/C8H18O4/c1-2-7(3-5-9)8(11,12)4-6-10/h7,9-12H,2-6H2,1H3. The van der Waals surface area contributed by atoms with Gasteiger partial charge in [-0.25, -0.2) is 0 Å². The van der Waals surface area contributed by atoms with Crippen LogP contribution < -0.4 is 0 Å². The average Bonchev–Trinajstić information content (AvgIpc) is 1.99. The Labute approximate surface area is 72.5 Å². The summed E-state index contributed by atoms with van der Waals surface area (Å²) in [6.07, 6.45) is 0.864. The fourth-order valence-electron chi connectivity index (χ4n) is 1.29. The topological polar surface area (TPSA) is 80.9 Å². The predicted molar refractivity (Wildman–Crippen MR) is 44.4 cm³/mol. The fourth-order valence-corrected chi connectivity index (χ4v) is 1.29. The maximum absolute atomic E-state index is 9.39. The van der Waals surface area contributed by atoms with Crippen LogP contribution in [0.4, 0.5) is 0 Å². The molecule has 1 unspecified atom stereocenters. The summed E-state index contributed by atoms with van der Waals surface area (Å²) in [5.74, 6) is -2.21. The number of hydrogen-bond acceptors (Lipinski definition) is 4. The first-order chi connectivity index (χ1) is 5.58. The molecule has 0 aliphatic rings. The zero-order valence-corrected chi connectivity index (χ0v) is 7.40. The molecule has 0 aromatic carbocycles. The van der Waals surface area contributed by atoms with Crippen molar-refractivity contribution in [3.05, 3.63) is 0 Å². The van der Waals surface area contributed by atoms with Crippen molar-refractivity contribution in [1.82, 2.24) is 0 Å². The Hall–Kier alpha value is -0.160. The third-order valence-corrected chi connectivity index (χ3v) is 2.10. The zero-order chi connectivity index (χ0) is 9.61. The molecular formula is C8H18O4. The van der Waals surface area contributed by atoms with Gasteiger partial charge in [0.15, 0.2) is 5.79 Å². The Morgan fingerprint density at radius 2 is 1.75 bits per heavy atom. The molecule has 0 aliphatic carbocycles. The van der Waals surface area contributed by atoms with E-state index in [-0.39, 0.29) is 25.6 Å². The average molecular weight is 178 g/mol. The van der Waals surface area contributed by atoms with Gasteiger partial charge in [-0.05, 0) is 12.8 Å². The Kier molecular flexibility index (Phi) is 5.41. The summed E-state index contributed by atoms with van der Waals surface area (Å²) in [7, 11) is 0. The minimum atomic E-state index is -1.84. The second kappa shape index (κ2) is 5.48. The van der Waals surface area contributed by atoms with Gasteiger partial charge in [0.2, 0.25) is 0 Å². The monoisotopic (exact) mass is 178 g/mol. The van der Waals surface area contributed by atoms with Crippen molar-refractivity contribution >= 4 is 0 Å². The second-order valence-corrected chi connectivity index (χ2v) is 2.97. The predicted octanol–water partition coefficient (Wildman–Crippen LogP) is -0.542. The summed E-state index contributed by atoms with van der Waals surface area (Å²) < 4.78 is 0. The lowest BCUT2D eigenvalue weighted by Crippen LogP contribution is -2.38. The van der Waals surface area contributed by atoms with Crippen LogP contribution in [0.3, 0.4) is 0 Å². The molecule has 0 amide bonds. The van der Waals surface area contributed by atoms with Gasteiger partial charge in [-0.15, -0.1) is 0 Å². The zero-order valence-electron chi connectivity index (χ0n) is 7.40. The van der Waals surface area contributed by atoms with Gasteiger partial charge in [-0.2, -0.15) is 0 Å². The van der Waals surface area contributed by atoms with Crippen molar-refractivity contribution in [2.45, 2.75) is 32.0 Å². The quantitative estimate of drug-likeness (QED) is 0.412. The van der Waals surface area contributed by atoms with Crippen LogP contribution in [0.5, 0.6) is 0 Å². The van der Waals surface area contributed by atoms with Crippen molar-refractivity contribution in [2.24, 2.45) is 5.92 Å². The number of hydrogen-bond donors (Lipinski definition) is 4. The lowest BCUT2D eigenvalue weighted by Gasteiger charge is -2.29. The molecule has 4 N–H and O–H groups in total. The molecule has 0 aromatic heterocycles. The summed E-state index contributed by atoms with van der Waals surface area (Å²) >= 11 is 0. The highest BCUT2D eigenvalue weighted by Gasteiger charge is 2.31. The molecule has 0 saturated heterocycles. The van der Waals surface area contributed by atoms with E-state index in [1.807, 2.05) is 6.92 Å².